The van der Waals surface area contributed by atoms with Crippen LogP contribution in [-0.4, -0.2) is 22.7 Å². The Morgan fingerprint density at radius 3 is 2.25 bits per heavy atom. The number of aliphatic hydroxyl groups excluding tert-OH is 2. The first-order valence-corrected chi connectivity index (χ1v) is 4.69. The first-order chi connectivity index (χ1) is 5.63. The zero-order valence-electron chi connectivity index (χ0n) is 7.14. The molecule has 0 saturated heterocycles. The molecule has 0 aliphatic rings. The first kappa shape index (κ1) is 9.51. The monoisotopic (exact) mass is 187 g/mol. The highest BCUT2D eigenvalue weighted by Crippen LogP contribution is 2.23. The zero-order chi connectivity index (χ0) is 9.14. The van der Waals surface area contributed by atoms with E-state index in [0.29, 0.717) is 0 Å². The molecule has 2 atom stereocenters. The molecule has 1 heterocycles. The largest absolute Gasteiger partial charge is 0.374 e. The summed E-state index contributed by atoms with van der Waals surface area (Å²) in [6, 6.07) is 3.75. The van der Waals surface area contributed by atoms with Crippen molar-refractivity contribution in [2.75, 3.05) is 4.90 Å². The van der Waals surface area contributed by atoms with E-state index in [1.54, 1.807) is 18.7 Å². The number of aliphatic hydroxyl groups is 2. The summed E-state index contributed by atoms with van der Waals surface area (Å²) in [5.41, 5.74) is 0. The van der Waals surface area contributed by atoms with Crippen molar-refractivity contribution in [3.63, 3.8) is 0 Å². The molecule has 2 N–H and O–H groups in total. The predicted octanol–water partition coefficient (Wildman–Crippen LogP) is 1.23. The van der Waals surface area contributed by atoms with Crippen LogP contribution in [-0.2, 0) is 0 Å². The molecule has 0 bridgehead atoms. The highest BCUT2D eigenvalue weighted by Gasteiger charge is 2.16. The summed E-state index contributed by atoms with van der Waals surface area (Å²) in [7, 11) is 0. The van der Waals surface area contributed by atoms with Gasteiger partial charge in [-0.25, -0.2) is 0 Å². The van der Waals surface area contributed by atoms with Gasteiger partial charge in [-0.2, -0.15) is 0 Å². The van der Waals surface area contributed by atoms with Gasteiger partial charge in [0.2, 0.25) is 0 Å². The summed E-state index contributed by atoms with van der Waals surface area (Å²) >= 11 is 1.49. The molecule has 1 aromatic rings. The third kappa shape index (κ3) is 1.97. The second-order valence-corrected chi connectivity index (χ2v) is 3.55. The molecular weight excluding hydrogens is 174 g/mol. The van der Waals surface area contributed by atoms with Crippen molar-refractivity contribution in [1.82, 2.24) is 0 Å². The number of anilines is 1. The molecule has 0 saturated carbocycles. The van der Waals surface area contributed by atoms with Gasteiger partial charge in [0.05, 0.1) is 5.00 Å². The molecule has 0 aliphatic heterocycles. The third-order valence-corrected chi connectivity index (χ3v) is 2.45. The fourth-order valence-electron chi connectivity index (χ4n) is 1.10. The van der Waals surface area contributed by atoms with Crippen LogP contribution < -0.4 is 4.90 Å². The van der Waals surface area contributed by atoms with Crippen LogP contribution in [0.2, 0.25) is 0 Å². The van der Waals surface area contributed by atoms with Crippen molar-refractivity contribution in [3.05, 3.63) is 17.5 Å². The number of hydrogen-bond acceptors (Lipinski definition) is 4. The van der Waals surface area contributed by atoms with E-state index in [-0.39, 0.29) is 0 Å². The van der Waals surface area contributed by atoms with E-state index in [1.165, 1.54) is 11.3 Å². The van der Waals surface area contributed by atoms with Gasteiger partial charge in [-0.15, -0.1) is 11.3 Å². The molecular formula is C8H13NO2S. The van der Waals surface area contributed by atoms with Gasteiger partial charge in [0.25, 0.3) is 0 Å². The zero-order valence-corrected chi connectivity index (χ0v) is 7.95. The maximum atomic E-state index is 9.33. The molecule has 0 aromatic carbocycles. The van der Waals surface area contributed by atoms with Gasteiger partial charge in [-0.1, -0.05) is 0 Å². The Labute approximate surface area is 75.9 Å². The van der Waals surface area contributed by atoms with Gasteiger partial charge in [-0.3, -0.25) is 0 Å². The molecule has 12 heavy (non-hydrogen) atoms. The van der Waals surface area contributed by atoms with Crippen molar-refractivity contribution < 1.29 is 10.2 Å². The Morgan fingerprint density at radius 2 is 1.92 bits per heavy atom. The smallest absolute Gasteiger partial charge is 0.126 e. The second kappa shape index (κ2) is 3.89. The van der Waals surface area contributed by atoms with E-state index in [2.05, 4.69) is 0 Å². The summed E-state index contributed by atoms with van der Waals surface area (Å²) in [5.74, 6) is 0. The lowest BCUT2D eigenvalue weighted by molar-refractivity contribution is 0.106. The molecule has 1 rings (SSSR count). The lowest BCUT2D eigenvalue weighted by atomic mass is 10.4. The average Bonchev–Trinajstić information content (AvgIpc) is 2.37. The standard InChI is InChI=1S/C8H13NO2S/c1-6(10)9(7(2)11)8-4-3-5-12-8/h3-7,10-11H,1-2H3. The van der Waals surface area contributed by atoms with E-state index in [9.17, 15) is 10.2 Å². The molecule has 0 amide bonds. The molecule has 4 heteroatoms. The number of nitrogens with zero attached hydrogens (tertiary/aromatic N) is 1. The molecule has 0 spiro atoms. The van der Waals surface area contributed by atoms with Crippen LogP contribution in [0.25, 0.3) is 0 Å². The Kier molecular flexibility index (Phi) is 3.08. The minimum atomic E-state index is -0.663. The number of thiophene rings is 1. The maximum absolute atomic E-state index is 9.33. The molecule has 68 valence electrons. The van der Waals surface area contributed by atoms with Gasteiger partial charge in [0.1, 0.15) is 12.5 Å². The van der Waals surface area contributed by atoms with Crippen LogP contribution in [0.15, 0.2) is 17.5 Å². The van der Waals surface area contributed by atoms with Gasteiger partial charge in [0, 0.05) is 0 Å². The average molecular weight is 187 g/mol. The van der Waals surface area contributed by atoms with Crippen LogP contribution in [0.1, 0.15) is 13.8 Å². The van der Waals surface area contributed by atoms with Gasteiger partial charge < -0.3 is 15.1 Å². The summed E-state index contributed by atoms with van der Waals surface area (Å²) < 4.78 is 0. The third-order valence-electron chi connectivity index (χ3n) is 1.57. The second-order valence-electron chi connectivity index (χ2n) is 2.62. The normalized spacial score (nSPS) is 15.7. The molecule has 1 aromatic heterocycles. The van der Waals surface area contributed by atoms with E-state index in [1.807, 2.05) is 17.5 Å². The van der Waals surface area contributed by atoms with Gasteiger partial charge in [-0.05, 0) is 31.4 Å². The summed E-state index contributed by atoms with van der Waals surface area (Å²) in [6.45, 7) is 3.26. The summed E-state index contributed by atoms with van der Waals surface area (Å²) in [6.07, 6.45) is -1.33. The van der Waals surface area contributed by atoms with E-state index < -0.39 is 12.5 Å². The topological polar surface area (TPSA) is 43.7 Å². The van der Waals surface area contributed by atoms with Gasteiger partial charge in [0.15, 0.2) is 0 Å². The van der Waals surface area contributed by atoms with Crippen molar-refractivity contribution in [3.8, 4) is 0 Å². The number of hydrogen-bond donors (Lipinski definition) is 2. The van der Waals surface area contributed by atoms with Gasteiger partial charge >= 0.3 is 0 Å². The van der Waals surface area contributed by atoms with Crippen LogP contribution in [0.3, 0.4) is 0 Å². The molecule has 0 fully saturated rings. The SMILES string of the molecule is CC(O)N(c1cccs1)C(C)O. The Hall–Kier alpha value is -0.580. The van der Waals surface area contributed by atoms with E-state index >= 15 is 0 Å². The predicted molar refractivity (Wildman–Crippen MR) is 50.2 cm³/mol. The quantitative estimate of drug-likeness (QED) is 0.699. The van der Waals surface area contributed by atoms with Crippen LogP contribution in [0, 0.1) is 0 Å². The first-order valence-electron chi connectivity index (χ1n) is 3.81. The molecule has 0 radical (unpaired) electrons. The van der Waals surface area contributed by atoms with Crippen LogP contribution in [0.5, 0.6) is 0 Å². The minimum Gasteiger partial charge on any atom is -0.374 e. The Bertz CT molecular complexity index is 213. The Balaban J connectivity index is 2.81. The van der Waals surface area contributed by atoms with Crippen molar-refractivity contribution >= 4 is 16.3 Å². The molecule has 3 nitrogen and oxygen atoms in total. The minimum absolute atomic E-state index is 0.663. The maximum Gasteiger partial charge on any atom is 0.126 e. The van der Waals surface area contributed by atoms with Crippen LogP contribution >= 0.6 is 11.3 Å². The fraction of sp³-hybridized carbons (Fsp3) is 0.500. The van der Waals surface area contributed by atoms with Crippen LogP contribution in [0.4, 0.5) is 5.00 Å². The lowest BCUT2D eigenvalue weighted by Gasteiger charge is -2.28. The van der Waals surface area contributed by atoms with E-state index in [4.69, 9.17) is 0 Å². The van der Waals surface area contributed by atoms with Crippen molar-refractivity contribution in [2.45, 2.75) is 26.3 Å². The summed E-state index contributed by atoms with van der Waals surface area (Å²) in [5, 5.41) is 21.4. The van der Waals surface area contributed by atoms with Crippen molar-refractivity contribution in [2.24, 2.45) is 0 Å². The van der Waals surface area contributed by atoms with Crippen molar-refractivity contribution in [1.29, 1.82) is 0 Å². The fourth-order valence-corrected chi connectivity index (χ4v) is 1.98. The highest BCUT2D eigenvalue weighted by molar-refractivity contribution is 7.14. The summed E-state index contributed by atoms with van der Waals surface area (Å²) in [4.78, 5) is 1.55. The lowest BCUT2D eigenvalue weighted by Crippen LogP contribution is -2.39. The molecule has 0 aliphatic carbocycles. The molecule has 2 unspecified atom stereocenters. The van der Waals surface area contributed by atoms with E-state index in [0.717, 1.165) is 5.00 Å². The number of rotatable bonds is 3. The Morgan fingerprint density at radius 1 is 1.33 bits per heavy atom. The highest BCUT2D eigenvalue weighted by atomic mass is 32.1.